The van der Waals surface area contributed by atoms with Crippen LogP contribution in [0.15, 0.2) is 53.0 Å². The second kappa shape index (κ2) is 5.87. The van der Waals surface area contributed by atoms with Crippen molar-refractivity contribution < 1.29 is 13.2 Å². The fraction of sp³-hybridized carbons (Fsp3) is 0.200. The molecule has 0 aliphatic rings. The topological polar surface area (TPSA) is 12.0 Å². The van der Waals surface area contributed by atoms with Crippen LogP contribution < -0.4 is 5.32 Å². The van der Waals surface area contributed by atoms with E-state index in [0.717, 1.165) is 22.2 Å². The number of benzene rings is 2. The van der Waals surface area contributed by atoms with Crippen LogP contribution in [0.5, 0.6) is 0 Å². The number of alkyl halides is 3. The molecule has 0 bridgehead atoms. The second-order valence-electron chi connectivity index (χ2n) is 4.47. The van der Waals surface area contributed by atoms with Gasteiger partial charge in [0.05, 0.1) is 5.56 Å². The smallest absolute Gasteiger partial charge is 0.378 e. The van der Waals surface area contributed by atoms with Crippen LogP contribution in [-0.2, 0) is 6.18 Å². The highest BCUT2D eigenvalue weighted by Crippen LogP contribution is 2.32. The minimum absolute atomic E-state index is 0.103. The lowest BCUT2D eigenvalue weighted by Crippen LogP contribution is -2.09. The fourth-order valence-corrected chi connectivity index (χ4v) is 2.57. The summed E-state index contributed by atoms with van der Waals surface area (Å²) in [6, 6.07) is 12.7. The van der Waals surface area contributed by atoms with Gasteiger partial charge in [-0.2, -0.15) is 13.2 Å². The van der Waals surface area contributed by atoms with Crippen molar-refractivity contribution in [2.75, 3.05) is 5.32 Å². The minimum atomic E-state index is -4.33. The molecule has 0 heterocycles. The molecule has 1 nitrogen and oxygen atoms in total. The van der Waals surface area contributed by atoms with Crippen molar-refractivity contribution >= 4 is 21.6 Å². The van der Waals surface area contributed by atoms with Crippen LogP contribution in [0.1, 0.15) is 24.1 Å². The van der Waals surface area contributed by atoms with Gasteiger partial charge in [-0.25, -0.2) is 0 Å². The van der Waals surface area contributed by atoms with Gasteiger partial charge in [0, 0.05) is 16.2 Å². The number of nitrogens with one attached hydrogen (secondary N) is 1. The van der Waals surface area contributed by atoms with E-state index in [4.69, 9.17) is 0 Å². The molecule has 0 saturated heterocycles. The average molecular weight is 344 g/mol. The van der Waals surface area contributed by atoms with Gasteiger partial charge in [-0.05, 0) is 36.8 Å². The molecule has 5 heteroatoms. The van der Waals surface area contributed by atoms with Crippen LogP contribution >= 0.6 is 15.9 Å². The zero-order chi connectivity index (χ0) is 14.8. The van der Waals surface area contributed by atoms with Crippen LogP contribution in [0.25, 0.3) is 0 Å². The maximum Gasteiger partial charge on any atom is 0.416 e. The number of anilines is 1. The van der Waals surface area contributed by atoms with E-state index in [2.05, 4.69) is 21.2 Å². The Kier molecular flexibility index (Phi) is 4.38. The van der Waals surface area contributed by atoms with E-state index in [1.165, 1.54) is 6.07 Å². The fourth-order valence-electron chi connectivity index (χ4n) is 1.94. The first-order valence-electron chi connectivity index (χ1n) is 6.06. The summed E-state index contributed by atoms with van der Waals surface area (Å²) >= 11 is 3.44. The van der Waals surface area contributed by atoms with Gasteiger partial charge in [0.15, 0.2) is 0 Å². The van der Waals surface area contributed by atoms with E-state index in [1.807, 2.05) is 31.2 Å². The first-order chi connectivity index (χ1) is 9.38. The molecule has 0 fully saturated rings. The van der Waals surface area contributed by atoms with E-state index in [9.17, 15) is 13.2 Å². The molecular weight excluding hydrogens is 331 g/mol. The maximum atomic E-state index is 12.7. The number of halogens is 4. The Balaban J connectivity index is 2.20. The maximum absolute atomic E-state index is 12.7. The lowest BCUT2D eigenvalue weighted by molar-refractivity contribution is -0.137. The van der Waals surface area contributed by atoms with Crippen molar-refractivity contribution in [3.8, 4) is 0 Å². The summed E-state index contributed by atoms with van der Waals surface area (Å²) in [7, 11) is 0. The summed E-state index contributed by atoms with van der Waals surface area (Å²) in [4.78, 5) is 0. The van der Waals surface area contributed by atoms with Crippen molar-refractivity contribution in [1.29, 1.82) is 0 Å². The van der Waals surface area contributed by atoms with Gasteiger partial charge in [0.1, 0.15) is 0 Å². The number of rotatable bonds is 3. The normalized spacial score (nSPS) is 13.1. The molecule has 0 aromatic heterocycles. The van der Waals surface area contributed by atoms with Crippen LogP contribution in [-0.4, -0.2) is 0 Å². The van der Waals surface area contributed by atoms with Crippen LogP contribution in [0, 0.1) is 0 Å². The van der Waals surface area contributed by atoms with E-state index in [1.54, 1.807) is 6.07 Å². The summed E-state index contributed by atoms with van der Waals surface area (Å²) in [5, 5.41) is 3.08. The standard InChI is InChI=1S/C15H13BrF3N/c1-10(13-7-2-3-8-14(13)16)20-12-6-4-5-11(9-12)15(17,18)19/h2-10,20H,1H3. The highest BCUT2D eigenvalue weighted by molar-refractivity contribution is 9.10. The Bertz CT molecular complexity index is 596. The molecular formula is C15H13BrF3N. The van der Waals surface area contributed by atoms with E-state index >= 15 is 0 Å². The van der Waals surface area contributed by atoms with Crippen LogP contribution in [0.3, 0.4) is 0 Å². The van der Waals surface area contributed by atoms with Crippen LogP contribution in [0.2, 0.25) is 0 Å². The molecule has 106 valence electrons. The van der Waals surface area contributed by atoms with Crippen molar-refractivity contribution in [2.45, 2.75) is 19.1 Å². The van der Waals surface area contributed by atoms with Crippen molar-refractivity contribution in [1.82, 2.24) is 0 Å². The molecule has 1 atom stereocenters. The van der Waals surface area contributed by atoms with E-state index in [0.29, 0.717) is 5.69 Å². The van der Waals surface area contributed by atoms with E-state index in [-0.39, 0.29) is 6.04 Å². The molecule has 0 saturated carbocycles. The monoisotopic (exact) mass is 343 g/mol. The number of hydrogen-bond donors (Lipinski definition) is 1. The highest BCUT2D eigenvalue weighted by Gasteiger charge is 2.30. The summed E-state index contributed by atoms with van der Waals surface area (Å²) in [5.74, 6) is 0. The van der Waals surface area contributed by atoms with Crippen molar-refractivity contribution in [3.05, 3.63) is 64.1 Å². The van der Waals surface area contributed by atoms with E-state index < -0.39 is 11.7 Å². The largest absolute Gasteiger partial charge is 0.416 e. The molecule has 0 radical (unpaired) electrons. The SMILES string of the molecule is CC(Nc1cccc(C(F)(F)F)c1)c1ccccc1Br. The first-order valence-corrected chi connectivity index (χ1v) is 6.85. The third-order valence-electron chi connectivity index (χ3n) is 2.94. The van der Waals surface area contributed by atoms with Gasteiger partial charge in [0.25, 0.3) is 0 Å². The minimum Gasteiger partial charge on any atom is -0.378 e. The number of hydrogen-bond acceptors (Lipinski definition) is 1. The lowest BCUT2D eigenvalue weighted by Gasteiger charge is -2.18. The van der Waals surface area contributed by atoms with Gasteiger partial charge >= 0.3 is 6.18 Å². The quantitative estimate of drug-likeness (QED) is 0.760. The molecule has 0 spiro atoms. The Hall–Kier alpha value is -1.49. The van der Waals surface area contributed by atoms with Crippen molar-refractivity contribution in [3.63, 3.8) is 0 Å². The van der Waals surface area contributed by atoms with Gasteiger partial charge < -0.3 is 5.32 Å². The molecule has 2 aromatic carbocycles. The molecule has 0 aliphatic heterocycles. The molecule has 2 aromatic rings. The van der Waals surface area contributed by atoms with Crippen molar-refractivity contribution in [2.24, 2.45) is 0 Å². The zero-order valence-corrected chi connectivity index (χ0v) is 12.3. The molecule has 2 rings (SSSR count). The third kappa shape index (κ3) is 3.54. The van der Waals surface area contributed by atoms with Gasteiger partial charge in [-0.15, -0.1) is 0 Å². The average Bonchev–Trinajstić information content (AvgIpc) is 2.38. The Morgan fingerprint density at radius 1 is 1.05 bits per heavy atom. The first kappa shape index (κ1) is 14.9. The van der Waals surface area contributed by atoms with Gasteiger partial charge in [-0.1, -0.05) is 40.2 Å². The van der Waals surface area contributed by atoms with Gasteiger partial charge in [-0.3, -0.25) is 0 Å². The Morgan fingerprint density at radius 2 is 1.75 bits per heavy atom. The second-order valence-corrected chi connectivity index (χ2v) is 5.32. The third-order valence-corrected chi connectivity index (χ3v) is 3.67. The molecule has 0 amide bonds. The van der Waals surface area contributed by atoms with Gasteiger partial charge in [0.2, 0.25) is 0 Å². The highest BCUT2D eigenvalue weighted by atomic mass is 79.9. The molecule has 20 heavy (non-hydrogen) atoms. The lowest BCUT2D eigenvalue weighted by atomic mass is 10.1. The summed E-state index contributed by atoms with van der Waals surface area (Å²) in [5.41, 5.74) is 0.787. The van der Waals surface area contributed by atoms with Crippen LogP contribution in [0.4, 0.5) is 18.9 Å². The summed E-state index contributed by atoms with van der Waals surface area (Å²) in [6.07, 6.45) is -4.33. The predicted molar refractivity (Wildman–Crippen MR) is 77.6 cm³/mol. The Labute approximate surface area is 123 Å². The zero-order valence-electron chi connectivity index (χ0n) is 10.7. The Morgan fingerprint density at radius 3 is 2.40 bits per heavy atom. The summed E-state index contributed by atoms with van der Waals surface area (Å²) in [6.45, 7) is 1.90. The molecule has 0 aliphatic carbocycles. The molecule has 1 unspecified atom stereocenters. The molecule has 1 N–H and O–H groups in total. The predicted octanol–water partition coefficient (Wildman–Crippen LogP) is 5.64. The summed E-state index contributed by atoms with van der Waals surface area (Å²) < 4.78 is 38.9.